The van der Waals surface area contributed by atoms with Crippen LogP contribution in [0.2, 0.25) is 0 Å². The lowest BCUT2D eigenvalue weighted by atomic mass is 9.93. The summed E-state index contributed by atoms with van der Waals surface area (Å²) < 4.78 is 17.5. The molecule has 2 amide bonds. The van der Waals surface area contributed by atoms with Crippen molar-refractivity contribution in [3.05, 3.63) is 82.0 Å². The van der Waals surface area contributed by atoms with Crippen LogP contribution in [0.25, 0.3) is 0 Å². The number of thioether (sulfide) groups is 1. The van der Waals surface area contributed by atoms with Crippen LogP contribution in [0.4, 0.5) is 0 Å². The summed E-state index contributed by atoms with van der Waals surface area (Å²) in [5.41, 5.74) is 3.50. The van der Waals surface area contributed by atoms with Gasteiger partial charge in [-0.25, -0.2) is 9.79 Å². The predicted octanol–water partition coefficient (Wildman–Crippen LogP) is 4.88. The standard InChI is InChI=1S/C33H38N4O6S/c1-21(2)43-32(40)30-22(3)34-33-37(26(20-44-33)18-29(39)36-15-13-35(14-16-36)23(4)38)31(30)25-11-12-27(28(17-25)41-5)42-19-24-9-7-6-8-10-24/h6-12,17,20-21,31H,13-16,18-19H2,1-5H3. The first-order valence-electron chi connectivity index (χ1n) is 14.7. The smallest absolute Gasteiger partial charge is 0.338 e. The molecule has 0 aliphatic carbocycles. The first kappa shape index (κ1) is 31.2. The average molecular weight is 619 g/mol. The summed E-state index contributed by atoms with van der Waals surface area (Å²) in [5, 5.41) is 2.61. The van der Waals surface area contributed by atoms with Gasteiger partial charge in [0, 0.05) is 38.8 Å². The predicted molar refractivity (Wildman–Crippen MR) is 169 cm³/mol. The zero-order chi connectivity index (χ0) is 31.4. The molecule has 0 saturated carbocycles. The summed E-state index contributed by atoms with van der Waals surface area (Å²) in [6.07, 6.45) is -0.195. The molecule has 0 radical (unpaired) electrons. The number of ether oxygens (including phenoxy) is 3. The summed E-state index contributed by atoms with van der Waals surface area (Å²) >= 11 is 1.42. The molecule has 3 aliphatic rings. The molecule has 11 heteroatoms. The third-order valence-corrected chi connectivity index (χ3v) is 8.60. The molecule has 10 nitrogen and oxygen atoms in total. The van der Waals surface area contributed by atoms with Crippen LogP contribution in [-0.4, -0.2) is 77.0 Å². The molecule has 0 bridgehead atoms. The van der Waals surface area contributed by atoms with E-state index in [0.29, 0.717) is 60.7 Å². The van der Waals surface area contributed by atoms with Gasteiger partial charge in [0.25, 0.3) is 0 Å². The average Bonchev–Trinajstić information content (AvgIpc) is 3.40. The highest BCUT2D eigenvalue weighted by Crippen LogP contribution is 2.46. The number of esters is 1. The Hall–Kier alpha value is -4.25. The van der Waals surface area contributed by atoms with E-state index >= 15 is 0 Å². The van der Waals surface area contributed by atoms with Gasteiger partial charge in [-0.1, -0.05) is 48.2 Å². The summed E-state index contributed by atoms with van der Waals surface area (Å²) in [6.45, 7) is 9.34. The van der Waals surface area contributed by atoms with Gasteiger partial charge in [-0.2, -0.15) is 0 Å². The Balaban J connectivity index is 1.44. The number of hydrogen-bond donors (Lipinski definition) is 0. The van der Waals surface area contributed by atoms with E-state index in [1.54, 1.807) is 30.8 Å². The van der Waals surface area contributed by atoms with E-state index in [4.69, 9.17) is 19.2 Å². The minimum atomic E-state index is -0.602. The second kappa shape index (κ2) is 13.6. The first-order chi connectivity index (χ1) is 21.2. The number of amidine groups is 1. The van der Waals surface area contributed by atoms with Crippen LogP contribution in [0.15, 0.2) is 75.9 Å². The van der Waals surface area contributed by atoms with Gasteiger partial charge in [-0.15, -0.1) is 0 Å². The van der Waals surface area contributed by atoms with Crippen molar-refractivity contribution in [2.75, 3.05) is 33.3 Å². The molecule has 2 aromatic rings. The molecule has 5 rings (SSSR count). The molecular weight excluding hydrogens is 580 g/mol. The number of piperazine rings is 1. The number of nitrogens with zero attached hydrogens (tertiary/aromatic N) is 4. The van der Waals surface area contributed by atoms with Crippen molar-refractivity contribution in [3.63, 3.8) is 0 Å². The fourth-order valence-corrected chi connectivity index (χ4v) is 6.43. The molecule has 44 heavy (non-hydrogen) atoms. The van der Waals surface area contributed by atoms with Crippen LogP contribution in [-0.2, 0) is 25.7 Å². The molecule has 0 aromatic heterocycles. The highest BCUT2D eigenvalue weighted by molar-refractivity contribution is 8.16. The molecule has 3 aliphatic heterocycles. The topological polar surface area (TPSA) is 101 Å². The SMILES string of the molecule is COc1cc(C2C(C(=O)OC(C)C)=C(C)N=C3SC=C(CC(=O)N4CCN(C(C)=O)CC4)N32)ccc1OCc1ccccc1. The van der Waals surface area contributed by atoms with E-state index < -0.39 is 12.0 Å². The molecule has 0 N–H and O–H groups in total. The van der Waals surface area contributed by atoms with E-state index in [-0.39, 0.29) is 24.3 Å². The molecule has 2 aromatic carbocycles. The quantitative estimate of drug-likeness (QED) is 0.367. The third-order valence-electron chi connectivity index (χ3n) is 7.71. The number of hydrogen-bond acceptors (Lipinski definition) is 9. The van der Waals surface area contributed by atoms with E-state index in [0.717, 1.165) is 16.8 Å². The molecule has 1 fully saturated rings. The fourth-order valence-electron chi connectivity index (χ4n) is 5.47. The lowest BCUT2D eigenvalue weighted by molar-refractivity contribution is -0.143. The minimum Gasteiger partial charge on any atom is -0.493 e. The molecule has 3 heterocycles. The van der Waals surface area contributed by atoms with Gasteiger partial charge in [0.1, 0.15) is 6.61 Å². The van der Waals surface area contributed by atoms with Gasteiger partial charge in [0.2, 0.25) is 11.8 Å². The van der Waals surface area contributed by atoms with Gasteiger partial charge >= 0.3 is 5.97 Å². The van der Waals surface area contributed by atoms with Gasteiger partial charge in [-0.3, -0.25) is 9.59 Å². The molecule has 1 unspecified atom stereocenters. The highest BCUT2D eigenvalue weighted by Gasteiger charge is 2.42. The number of methoxy groups -OCH3 is 1. The number of aliphatic imine (C=N–C) groups is 1. The zero-order valence-electron chi connectivity index (χ0n) is 25.7. The van der Waals surface area contributed by atoms with Crippen LogP contribution in [0.5, 0.6) is 11.5 Å². The summed E-state index contributed by atoms with van der Waals surface area (Å²) in [6, 6.07) is 14.9. The molecule has 0 spiro atoms. The molecule has 1 saturated heterocycles. The highest BCUT2D eigenvalue weighted by atomic mass is 32.2. The fraction of sp³-hybridized carbons (Fsp3) is 0.394. The second-order valence-corrected chi connectivity index (χ2v) is 11.9. The normalized spacial score (nSPS) is 18.1. The van der Waals surface area contributed by atoms with Gasteiger partial charge in [0.05, 0.1) is 36.9 Å². The van der Waals surface area contributed by atoms with E-state index in [2.05, 4.69) is 0 Å². The lowest BCUT2D eigenvalue weighted by Gasteiger charge is -2.38. The number of amides is 2. The van der Waals surface area contributed by atoms with Crippen molar-refractivity contribution in [3.8, 4) is 11.5 Å². The molecule has 1 atom stereocenters. The number of carbonyl (C=O) groups excluding carboxylic acids is 3. The molecular formula is C33H38N4O6S. The Morgan fingerprint density at radius 3 is 2.36 bits per heavy atom. The summed E-state index contributed by atoms with van der Waals surface area (Å²) in [5.74, 6) is 0.604. The van der Waals surface area contributed by atoms with Crippen molar-refractivity contribution in [1.82, 2.24) is 14.7 Å². The van der Waals surface area contributed by atoms with Crippen molar-refractivity contribution in [1.29, 1.82) is 0 Å². The maximum atomic E-state index is 13.6. The van der Waals surface area contributed by atoms with Gasteiger partial charge in [0.15, 0.2) is 16.7 Å². The number of carbonyl (C=O) groups is 3. The van der Waals surface area contributed by atoms with Crippen LogP contribution >= 0.6 is 11.8 Å². The Morgan fingerprint density at radius 2 is 1.70 bits per heavy atom. The number of allylic oxidation sites excluding steroid dienone is 1. The Bertz CT molecular complexity index is 1510. The monoisotopic (exact) mass is 618 g/mol. The Kier molecular flexibility index (Phi) is 9.63. The van der Waals surface area contributed by atoms with Gasteiger partial charge < -0.3 is 28.9 Å². The van der Waals surface area contributed by atoms with Crippen LogP contribution < -0.4 is 9.47 Å². The number of benzene rings is 2. The number of fused-ring (bicyclic) bond motifs is 1. The maximum Gasteiger partial charge on any atom is 0.338 e. The van der Waals surface area contributed by atoms with Crippen molar-refractivity contribution in [2.45, 2.75) is 52.9 Å². The third kappa shape index (κ3) is 6.77. The van der Waals surface area contributed by atoms with Crippen LogP contribution in [0.1, 0.15) is 51.3 Å². The van der Waals surface area contributed by atoms with Crippen LogP contribution in [0, 0.1) is 0 Å². The zero-order valence-corrected chi connectivity index (χ0v) is 26.6. The van der Waals surface area contributed by atoms with E-state index in [9.17, 15) is 14.4 Å². The van der Waals surface area contributed by atoms with E-state index in [1.807, 2.05) is 72.7 Å². The second-order valence-electron chi connectivity index (χ2n) is 11.1. The van der Waals surface area contributed by atoms with Crippen molar-refractivity contribution < 1.29 is 28.6 Å². The van der Waals surface area contributed by atoms with E-state index in [1.165, 1.54) is 11.8 Å². The van der Waals surface area contributed by atoms with Crippen molar-refractivity contribution >= 4 is 34.7 Å². The van der Waals surface area contributed by atoms with Crippen LogP contribution in [0.3, 0.4) is 0 Å². The van der Waals surface area contributed by atoms with Gasteiger partial charge in [-0.05, 0) is 49.4 Å². The Labute approximate surface area is 262 Å². The lowest BCUT2D eigenvalue weighted by Crippen LogP contribution is -2.50. The molecule has 232 valence electrons. The first-order valence-corrected chi connectivity index (χ1v) is 15.6. The maximum absolute atomic E-state index is 13.6. The largest absolute Gasteiger partial charge is 0.493 e. The Morgan fingerprint density at radius 1 is 1.00 bits per heavy atom. The number of rotatable bonds is 9. The van der Waals surface area contributed by atoms with Crippen molar-refractivity contribution in [2.24, 2.45) is 4.99 Å². The summed E-state index contributed by atoms with van der Waals surface area (Å²) in [4.78, 5) is 49.1. The minimum absolute atomic E-state index is 0.0129. The summed E-state index contributed by atoms with van der Waals surface area (Å²) in [7, 11) is 1.58.